The molecule has 0 amide bonds. The number of esters is 1. The summed E-state index contributed by atoms with van der Waals surface area (Å²) >= 11 is 0. The molecule has 180 valence electrons. The molecule has 0 saturated heterocycles. The average Bonchev–Trinajstić information content (AvgIpc) is 3.20. The molecule has 0 saturated carbocycles. The van der Waals surface area contributed by atoms with Gasteiger partial charge >= 0.3 is 5.97 Å². The second kappa shape index (κ2) is 8.24. The summed E-state index contributed by atoms with van der Waals surface area (Å²) in [5, 5.41) is 12.3. The highest BCUT2D eigenvalue weighted by atomic mass is 16.5. The zero-order valence-electron chi connectivity index (χ0n) is 20.1. The Kier molecular flexibility index (Phi) is 5.12. The zero-order valence-corrected chi connectivity index (χ0v) is 20.1. The second-order valence-electron chi connectivity index (χ2n) is 9.44. The fraction of sp³-hybridized carbons (Fsp3) is 0.241. The highest BCUT2D eigenvalue weighted by Crippen LogP contribution is 2.41. The molecule has 0 radical (unpaired) electrons. The number of hydrogen-bond acceptors (Lipinski definition) is 6. The standard InChI is InChI=1S/C29H25N3O4/c1-3-29(35)13-25(33)36-16-20-21(29)12-24-27-19(15-32(24)28(20)34)17(2)26-22(10-7-11-23(26)31-27)30-14-18-8-5-4-6-9-18/h4-12,14,35H,3,13,15-16H2,1-2H3. The molecule has 1 unspecified atom stereocenters. The number of cyclic esters (lactones) is 1. The Morgan fingerprint density at radius 1 is 1.14 bits per heavy atom. The fourth-order valence-corrected chi connectivity index (χ4v) is 5.33. The summed E-state index contributed by atoms with van der Waals surface area (Å²) in [6.07, 6.45) is 1.95. The largest absolute Gasteiger partial charge is 0.460 e. The first-order valence-electron chi connectivity index (χ1n) is 12.1. The van der Waals surface area contributed by atoms with E-state index < -0.39 is 11.6 Å². The number of aromatic nitrogens is 2. The maximum Gasteiger partial charge on any atom is 0.309 e. The normalized spacial score (nSPS) is 18.6. The molecule has 4 heterocycles. The molecule has 1 N–H and O–H groups in total. The van der Waals surface area contributed by atoms with Crippen molar-refractivity contribution in [2.75, 3.05) is 0 Å². The molecule has 4 aromatic rings. The van der Waals surface area contributed by atoms with Crippen LogP contribution in [0.5, 0.6) is 0 Å². The van der Waals surface area contributed by atoms with Crippen LogP contribution in [0.15, 0.2) is 64.4 Å². The number of benzene rings is 2. The van der Waals surface area contributed by atoms with E-state index in [-0.39, 0.29) is 25.0 Å². The highest BCUT2D eigenvalue weighted by molar-refractivity contribution is 5.98. The minimum Gasteiger partial charge on any atom is -0.460 e. The molecule has 6 rings (SSSR count). The maximum absolute atomic E-state index is 13.6. The van der Waals surface area contributed by atoms with E-state index in [1.54, 1.807) is 11.5 Å². The molecule has 7 nitrogen and oxygen atoms in total. The molecular weight excluding hydrogens is 454 g/mol. The number of rotatable bonds is 3. The van der Waals surface area contributed by atoms with Crippen LogP contribution in [0.4, 0.5) is 5.69 Å². The summed E-state index contributed by atoms with van der Waals surface area (Å²) < 4.78 is 6.94. The van der Waals surface area contributed by atoms with Crippen molar-refractivity contribution in [1.29, 1.82) is 0 Å². The van der Waals surface area contributed by atoms with Gasteiger partial charge in [-0.2, -0.15) is 0 Å². The Labute approximate surface area is 207 Å². The number of aliphatic hydroxyl groups is 1. The minimum atomic E-state index is -1.45. The van der Waals surface area contributed by atoms with Gasteiger partial charge in [-0.3, -0.25) is 14.6 Å². The van der Waals surface area contributed by atoms with Gasteiger partial charge < -0.3 is 14.4 Å². The van der Waals surface area contributed by atoms with Crippen LogP contribution in [-0.2, 0) is 28.3 Å². The molecule has 0 fully saturated rings. The number of aryl methyl sites for hydroxylation is 1. The monoisotopic (exact) mass is 479 g/mol. The summed E-state index contributed by atoms with van der Waals surface area (Å²) in [6.45, 7) is 4.06. The van der Waals surface area contributed by atoms with Gasteiger partial charge in [-0.15, -0.1) is 0 Å². The van der Waals surface area contributed by atoms with Crippen molar-refractivity contribution in [2.24, 2.45) is 4.99 Å². The Bertz CT molecular complexity index is 1640. The van der Waals surface area contributed by atoms with Gasteiger partial charge in [0.1, 0.15) is 12.2 Å². The Balaban J connectivity index is 1.53. The molecule has 2 aromatic heterocycles. The molecule has 7 heteroatoms. The summed E-state index contributed by atoms with van der Waals surface area (Å²) in [4.78, 5) is 35.4. The van der Waals surface area contributed by atoms with Gasteiger partial charge in [0, 0.05) is 17.2 Å². The van der Waals surface area contributed by atoms with Crippen molar-refractivity contribution < 1.29 is 14.6 Å². The van der Waals surface area contributed by atoms with Gasteiger partial charge in [-0.05, 0) is 48.2 Å². The van der Waals surface area contributed by atoms with E-state index in [2.05, 4.69) is 0 Å². The van der Waals surface area contributed by atoms with Gasteiger partial charge in [-0.1, -0.05) is 43.3 Å². The summed E-state index contributed by atoms with van der Waals surface area (Å²) in [6, 6.07) is 17.6. The molecule has 0 aliphatic carbocycles. The number of pyridine rings is 2. The number of nitrogens with zero attached hydrogens (tertiary/aromatic N) is 3. The Morgan fingerprint density at radius 2 is 1.94 bits per heavy atom. The van der Waals surface area contributed by atoms with Gasteiger partial charge in [-0.25, -0.2) is 4.98 Å². The smallest absolute Gasteiger partial charge is 0.309 e. The number of fused-ring (bicyclic) bond motifs is 5. The van der Waals surface area contributed by atoms with Crippen LogP contribution in [0, 0.1) is 6.92 Å². The number of hydrogen-bond donors (Lipinski definition) is 1. The highest BCUT2D eigenvalue weighted by Gasteiger charge is 2.39. The third kappa shape index (κ3) is 3.38. The molecule has 2 aliphatic heterocycles. The quantitative estimate of drug-likeness (QED) is 0.303. The van der Waals surface area contributed by atoms with Crippen molar-refractivity contribution in [3.05, 3.63) is 92.8 Å². The minimum absolute atomic E-state index is 0.140. The first kappa shape index (κ1) is 22.4. The van der Waals surface area contributed by atoms with Gasteiger partial charge in [0.25, 0.3) is 5.56 Å². The summed E-state index contributed by atoms with van der Waals surface area (Å²) in [5.74, 6) is -0.510. The second-order valence-corrected chi connectivity index (χ2v) is 9.44. The molecule has 36 heavy (non-hydrogen) atoms. The summed E-state index contributed by atoms with van der Waals surface area (Å²) in [7, 11) is 0. The molecule has 2 aromatic carbocycles. The van der Waals surface area contributed by atoms with E-state index in [1.807, 2.05) is 67.7 Å². The van der Waals surface area contributed by atoms with E-state index in [4.69, 9.17) is 14.7 Å². The summed E-state index contributed by atoms with van der Waals surface area (Å²) in [5.41, 5.74) is 5.04. The average molecular weight is 480 g/mol. The van der Waals surface area contributed by atoms with Crippen molar-refractivity contribution in [3.8, 4) is 11.4 Å². The molecule has 0 bridgehead atoms. The lowest BCUT2D eigenvalue weighted by Crippen LogP contribution is -2.32. The van der Waals surface area contributed by atoms with E-state index in [0.29, 0.717) is 23.4 Å². The lowest BCUT2D eigenvalue weighted by Gasteiger charge is -2.26. The van der Waals surface area contributed by atoms with Crippen molar-refractivity contribution in [3.63, 3.8) is 0 Å². The van der Waals surface area contributed by atoms with E-state index in [1.165, 1.54) is 0 Å². The van der Waals surface area contributed by atoms with Crippen LogP contribution in [0.3, 0.4) is 0 Å². The van der Waals surface area contributed by atoms with Crippen LogP contribution < -0.4 is 5.56 Å². The van der Waals surface area contributed by atoms with E-state index >= 15 is 0 Å². The lowest BCUT2D eigenvalue weighted by molar-refractivity contribution is -0.149. The first-order chi connectivity index (χ1) is 17.4. The van der Waals surface area contributed by atoms with Gasteiger partial charge in [0.05, 0.1) is 41.1 Å². The fourth-order valence-electron chi connectivity index (χ4n) is 5.33. The van der Waals surface area contributed by atoms with Crippen LogP contribution in [0.1, 0.15) is 47.6 Å². The van der Waals surface area contributed by atoms with Crippen LogP contribution in [-0.4, -0.2) is 26.8 Å². The van der Waals surface area contributed by atoms with Crippen molar-refractivity contribution >= 4 is 28.8 Å². The number of aliphatic imine (C=N–C) groups is 1. The molecular formula is C29H25N3O4. The first-order valence-corrected chi connectivity index (χ1v) is 12.1. The number of ether oxygens (including phenoxy) is 1. The SMILES string of the molecule is CCC1(O)CC(=O)OCc2c1cc1n(c2=O)Cc2c-1nc1cccc(N=Cc3ccccc3)c1c2C. The van der Waals surface area contributed by atoms with Gasteiger partial charge in [0.15, 0.2) is 0 Å². The number of carbonyl (C=O) groups excluding carboxylic acids is 1. The van der Waals surface area contributed by atoms with Crippen molar-refractivity contribution in [1.82, 2.24) is 9.55 Å². The lowest BCUT2D eigenvalue weighted by atomic mass is 9.85. The third-order valence-corrected chi connectivity index (χ3v) is 7.38. The Hall–Kier alpha value is -4.10. The molecule has 2 aliphatic rings. The maximum atomic E-state index is 13.6. The third-order valence-electron chi connectivity index (χ3n) is 7.38. The predicted octanol–water partition coefficient (Wildman–Crippen LogP) is 4.53. The Morgan fingerprint density at radius 3 is 2.72 bits per heavy atom. The van der Waals surface area contributed by atoms with Crippen LogP contribution >= 0.6 is 0 Å². The number of carbonyl (C=O) groups is 1. The van der Waals surface area contributed by atoms with Crippen molar-refractivity contribution in [2.45, 2.75) is 45.4 Å². The van der Waals surface area contributed by atoms with Crippen LogP contribution in [0.25, 0.3) is 22.3 Å². The molecule has 1 atom stereocenters. The van der Waals surface area contributed by atoms with Gasteiger partial charge in [0.2, 0.25) is 0 Å². The van der Waals surface area contributed by atoms with E-state index in [9.17, 15) is 14.7 Å². The van der Waals surface area contributed by atoms with Crippen LogP contribution in [0.2, 0.25) is 0 Å². The molecule has 0 spiro atoms. The van der Waals surface area contributed by atoms with E-state index in [0.717, 1.165) is 39.0 Å². The predicted molar refractivity (Wildman–Crippen MR) is 138 cm³/mol. The topological polar surface area (TPSA) is 93.8 Å². The zero-order chi connectivity index (χ0) is 25.0.